The Kier molecular flexibility index (Phi) is 3.36. The van der Waals surface area contributed by atoms with Gasteiger partial charge in [0.1, 0.15) is 11.5 Å². The molecule has 1 aromatic heterocycles. The molecule has 0 radical (unpaired) electrons. The summed E-state index contributed by atoms with van der Waals surface area (Å²) >= 11 is 0. The van der Waals surface area contributed by atoms with Crippen molar-refractivity contribution in [2.75, 3.05) is 0 Å². The Balaban J connectivity index is 1.75. The Morgan fingerprint density at radius 3 is 2.50 bits per heavy atom. The summed E-state index contributed by atoms with van der Waals surface area (Å²) in [5.74, 6) is 1.95. The number of furan rings is 1. The van der Waals surface area contributed by atoms with Crippen molar-refractivity contribution in [1.82, 2.24) is 0 Å². The molecule has 0 saturated carbocycles. The monoisotopic (exact) mass is 336 g/mol. The van der Waals surface area contributed by atoms with Crippen LogP contribution in [-0.2, 0) is 6.42 Å². The molecule has 26 heavy (non-hydrogen) atoms. The smallest absolute Gasteiger partial charge is 0.130 e. The van der Waals surface area contributed by atoms with Crippen LogP contribution in [0.15, 0.2) is 71.1 Å². The van der Waals surface area contributed by atoms with E-state index in [0.717, 1.165) is 17.9 Å². The molecule has 1 aliphatic rings. The number of aryl methyl sites for hydroxylation is 2. The number of benzene rings is 3. The Hall–Kier alpha value is -3.06. The predicted octanol–water partition coefficient (Wildman–Crippen LogP) is 6.81. The molecule has 3 aromatic carbocycles. The minimum atomic E-state index is 0.931. The third-order valence-corrected chi connectivity index (χ3v) is 5.36. The van der Waals surface area contributed by atoms with Crippen molar-refractivity contribution in [2.24, 2.45) is 0 Å². The van der Waals surface area contributed by atoms with Crippen LogP contribution in [0.1, 0.15) is 28.2 Å². The molecule has 1 heterocycles. The van der Waals surface area contributed by atoms with Crippen LogP contribution < -0.4 is 0 Å². The van der Waals surface area contributed by atoms with Gasteiger partial charge in [-0.25, -0.2) is 0 Å². The summed E-state index contributed by atoms with van der Waals surface area (Å²) in [7, 11) is 0. The fourth-order valence-corrected chi connectivity index (χ4v) is 4.09. The normalized spacial score (nSPS) is 13.1. The minimum absolute atomic E-state index is 0.931. The van der Waals surface area contributed by atoms with E-state index in [1.807, 2.05) is 13.0 Å². The molecule has 4 aromatic rings. The first kappa shape index (κ1) is 15.2. The Bertz CT molecular complexity index is 1170. The lowest BCUT2D eigenvalue weighted by atomic mass is 9.90. The van der Waals surface area contributed by atoms with Gasteiger partial charge in [0.25, 0.3) is 0 Å². The summed E-state index contributed by atoms with van der Waals surface area (Å²) in [5.41, 5.74) is 7.95. The van der Waals surface area contributed by atoms with Crippen LogP contribution in [-0.4, -0.2) is 0 Å². The molecule has 1 heteroatoms. The Morgan fingerprint density at radius 2 is 1.65 bits per heavy atom. The average molecular weight is 336 g/mol. The second-order valence-corrected chi connectivity index (χ2v) is 7.11. The van der Waals surface area contributed by atoms with Gasteiger partial charge in [-0.2, -0.15) is 0 Å². The van der Waals surface area contributed by atoms with E-state index in [9.17, 15) is 0 Å². The van der Waals surface area contributed by atoms with Crippen molar-refractivity contribution >= 4 is 22.4 Å². The molecule has 0 atom stereocenters. The van der Waals surface area contributed by atoms with Crippen molar-refractivity contribution in [3.05, 3.63) is 94.9 Å². The van der Waals surface area contributed by atoms with E-state index in [4.69, 9.17) is 4.42 Å². The van der Waals surface area contributed by atoms with Gasteiger partial charge in [0.2, 0.25) is 0 Å². The summed E-state index contributed by atoms with van der Waals surface area (Å²) in [6.07, 6.45) is 3.25. The zero-order valence-electron chi connectivity index (χ0n) is 15.0. The Morgan fingerprint density at radius 1 is 0.808 bits per heavy atom. The number of hydrogen-bond donors (Lipinski definition) is 0. The van der Waals surface area contributed by atoms with Gasteiger partial charge in [-0.15, -0.1) is 0 Å². The summed E-state index contributed by atoms with van der Waals surface area (Å²) in [6, 6.07) is 23.8. The van der Waals surface area contributed by atoms with Gasteiger partial charge in [-0.3, -0.25) is 0 Å². The van der Waals surface area contributed by atoms with E-state index in [0.29, 0.717) is 0 Å². The van der Waals surface area contributed by atoms with Gasteiger partial charge in [0.05, 0.1) is 0 Å². The summed E-state index contributed by atoms with van der Waals surface area (Å²) < 4.78 is 5.88. The van der Waals surface area contributed by atoms with Crippen LogP contribution >= 0.6 is 0 Å². The highest BCUT2D eigenvalue weighted by atomic mass is 16.3. The van der Waals surface area contributed by atoms with E-state index in [1.54, 1.807) is 0 Å². The number of fused-ring (bicyclic) bond motifs is 2. The van der Waals surface area contributed by atoms with Crippen LogP contribution in [0.5, 0.6) is 0 Å². The van der Waals surface area contributed by atoms with Crippen molar-refractivity contribution in [3.63, 3.8) is 0 Å². The lowest BCUT2D eigenvalue weighted by Crippen LogP contribution is -1.92. The molecule has 0 unspecified atom stereocenters. The number of rotatable bonds is 2. The molecule has 0 aliphatic heterocycles. The third-order valence-electron chi connectivity index (χ3n) is 5.36. The second-order valence-electron chi connectivity index (χ2n) is 7.11. The minimum Gasteiger partial charge on any atom is -0.462 e. The van der Waals surface area contributed by atoms with Gasteiger partial charge < -0.3 is 4.42 Å². The van der Waals surface area contributed by atoms with E-state index in [-0.39, 0.29) is 0 Å². The molecule has 0 spiro atoms. The fraction of sp³-hybridized carbons (Fsp3) is 0.120. The maximum Gasteiger partial charge on any atom is 0.130 e. The van der Waals surface area contributed by atoms with Crippen LogP contribution in [0.3, 0.4) is 0 Å². The predicted molar refractivity (Wildman–Crippen MR) is 109 cm³/mol. The third kappa shape index (κ3) is 2.32. The maximum absolute atomic E-state index is 5.88. The summed E-state index contributed by atoms with van der Waals surface area (Å²) in [6.45, 7) is 4.21. The molecule has 1 aliphatic carbocycles. The van der Waals surface area contributed by atoms with Gasteiger partial charge >= 0.3 is 0 Å². The SMILES string of the molecule is Cc1ccc(C2=Cc3c(ccc(C)c3-c3cccc4ccccc34)C2)o1. The first-order valence-electron chi connectivity index (χ1n) is 9.09. The molecule has 0 N–H and O–H groups in total. The molecule has 5 rings (SSSR count). The Labute approximate surface area is 153 Å². The molecule has 0 saturated heterocycles. The second kappa shape index (κ2) is 5.74. The molecule has 0 fully saturated rings. The van der Waals surface area contributed by atoms with Crippen LogP contribution in [0, 0.1) is 13.8 Å². The zero-order chi connectivity index (χ0) is 17.7. The lowest BCUT2D eigenvalue weighted by molar-refractivity contribution is 0.521. The van der Waals surface area contributed by atoms with E-state index < -0.39 is 0 Å². The summed E-state index contributed by atoms with van der Waals surface area (Å²) in [5, 5.41) is 2.59. The molecular weight excluding hydrogens is 316 g/mol. The van der Waals surface area contributed by atoms with Gasteiger partial charge in [-0.1, -0.05) is 54.6 Å². The highest BCUT2D eigenvalue weighted by Crippen LogP contribution is 2.41. The molecule has 126 valence electrons. The number of allylic oxidation sites excluding steroid dienone is 1. The highest BCUT2D eigenvalue weighted by molar-refractivity contribution is 6.02. The quantitative estimate of drug-likeness (QED) is 0.392. The zero-order valence-corrected chi connectivity index (χ0v) is 15.0. The van der Waals surface area contributed by atoms with Gasteiger partial charge in [0.15, 0.2) is 0 Å². The van der Waals surface area contributed by atoms with E-state index in [1.165, 1.54) is 44.2 Å². The largest absolute Gasteiger partial charge is 0.462 e. The van der Waals surface area contributed by atoms with Crippen molar-refractivity contribution < 1.29 is 4.42 Å². The molecule has 0 amide bonds. The fourth-order valence-electron chi connectivity index (χ4n) is 4.09. The highest BCUT2D eigenvalue weighted by Gasteiger charge is 2.21. The van der Waals surface area contributed by atoms with Crippen molar-refractivity contribution in [2.45, 2.75) is 20.3 Å². The number of hydrogen-bond acceptors (Lipinski definition) is 1. The van der Waals surface area contributed by atoms with Crippen LogP contribution in [0.2, 0.25) is 0 Å². The van der Waals surface area contributed by atoms with Crippen molar-refractivity contribution in [3.8, 4) is 11.1 Å². The lowest BCUT2D eigenvalue weighted by Gasteiger charge is -2.14. The van der Waals surface area contributed by atoms with Crippen molar-refractivity contribution in [1.29, 1.82) is 0 Å². The van der Waals surface area contributed by atoms with Gasteiger partial charge in [-0.05, 0) is 76.2 Å². The standard InChI is InChI=1S/C25H20O/c1-16-10-12-19-14-20(24-13-11-17(2)26-24)15-23(19)25(16)22-9-5-7-18-6-3-4-8-21(18)22/h3-13,15H,14H2,1-2H3. The molecular formula is C25H20O. The molecule has 0 bridgehead atoms. The average Bonchev–Trinajstić information content (AvgIpc) is 3.27. The first-order valence-corrected chi connectivity index (χ1v) is 9.09. The first-order chi connectivity index (χ1) is 12.7. The van der Waals surface area contributed by atoms with Gasteiger partial charge in [0, 0.05) is 6.42 Å². The molecule has 1 nitrogen and oxygen atoms in total. The van der Waals surface area contributed by atoms with Crippen LogP contribution in [0.25, 0.3) is 33.5 Å². The van der Waals surface area contributed by atoms with E-state index in [2.05, 4.69) is 73.7 Å². The maximum atomic E-state index is 5.88. The summed E-state index contributed by atoms with van der Waals surface area (Å²) in [4.78, 5) is 0. The van der Waals surface area contributed by atoms with Crippen LogP contribution in [0.4, 0.5) is 0 Å². The van der Waals surface area contributed by atoms with E-state index >= 15 is 0 Å². The topological polar surface area (TPSA) is 13.1 Å².